The van der Waals surface area contributed by atoms with Crippen LogP contribution >= 0.6 is 11.3 Å². The Morgan fingerprint density at radius 1 is 1.44 bits per heavy atom. The van der Waals surface area contributed by atoms with Crippen molar-refractivity contribution in [1.82, 2.24) is 4.90 Å². The summed E-state index contributed by atoms with van der Waals surface area (Å²) in [5.74, 6) is 0. The van der Waals surface area contributed by atoms with Crippen molar-refractivity contribution in [2.24, 2.45) is 5.14 Å². The van der Waals surface area contributed by atoms with Crippen molar-refractivity contribution in [3.63, 3.8) is 0 Å². The molecule has 25 heavy (non-hydrogen) atoms. The van der Waals surface area contributed by atoms with Gasteiger partial charge in [0, 0.05) is 30.6 Å². The van der Waals surface area contributed by atoms with Gasteiger partial charge < -0.3 is 5.32 Å². The molecular formula is C17H20N4O2S2. The fourth-order valence-corrected chi connectivity index (χ4v) is 4.41. The maximum absolute atomic E-state index is 11.4. The van der Waals surface area contributed by atoms with Gasteiger partial charge in [-0.1, -0.05) is 0 Å². The number of primary sulfonamides is 1. The van der Waals surface area contributed by atoms with Crippen LogP contribution in [-0.4, -0.2) is 32.4 Å². The van der Waals surface area contributed by atoms with Crippen LogP contribution in [0.5, 0.6) is 0 Å². The second kappa shape index (κ2) is 7.14. The summed E-state index contributed by atoms with van der Waals surface area (Å²) in [4.78, 5) is 3.83. The van der Waals surface area contributed by atoms with Crippen molar-refractivity contribution in [2.45, 2.75) is 30.8 Å². The number of hydrogen-bond acceptors (Lipinski definition) is 6. The second-order valence-corrected chi connectivity index (χ2v) is 8.75. The van der Waals surface area contributed by atoms with E-state index in [0.29, 0.717) is 12.2 Å². The van der Waals surface area contributed by atoms with Gasteiger partial charge in [0.2, 0.25) is 10.0 Å². The molecule has 0 amide bonds. The van der Waals surface area contributed by atoms with Gasteiger partial charge in [0.1, 0.15) is 6.07 Å². The minimum absolute atomic E-state index is 0.0522. The van der Waals surface area contributed by atoms with E-state index in [2.05, 4.69) is 28.6 Å². The first-order valence-electron chi connectivity index (χ1n) is 7.98. The Kier molecular flexibility index (Phi) is 5.11. The third-order valence-corrected chi connectivity index (χ3v) is 6.42. The molecule has 0 fully saturated rings. The van der Waals surface area contributed by atoms with Crippen molar-refractivity contribution >= 4 is 27.0 Å². The lowest BCUT2D eigenvalue weighted by Crippen LogP contribution is -2.40. The Labute approximate surface area is 151 Å². The van der Waals surface area contributed by atoms with E-state index in [9.17, 15) is 13.7 Å². The second-order valence-electron chi connectivity index (χ2n) is 6.18. The van der Waals surface area contributed by atoms with Crippen LogP contribution in [0.15, 0.2) is 34.5 Å². The summed E-state index contributed by atoms with van der Waals surface area (Å²) < 4.78 is 22.8. The molecule has 0 saturated carbocycles. The van der Waals surface area contributed by atoms with Crippen molar-refractivity contribution in [1.29, 1.82) is 5.26 Å². The van der Waals surface area contributed by atoms with E-state index in [1.54, 1.807) is 6.07 Å². The average molecular weight is 377 g/mol. The number of thiophene rings is 1. The Balaban J connectivity index is 1.66. The number of anilines is 1. The molecule has 0 bridgehead atoms. The molecule has 0 aliphatic carbocycles. The Morgan fingerprint density at radius 3 is 2.96 bits per heavy atom. The molecule has 8 heteroatoms. The lowest BCUT2D eigenvalue weighted by Gasteiger charge is -2.32. The zero-order valence-corrected chi connectivity index (χ0v) is 15.5. The summed E-state index contributed by atoms with van der Waals surface area (Å²) in [6.45, 7) is 4.78. The summed E-state index contributed by atoms with van der Waals surface area (Å²) in [5, 5.41) is 19.8. The quantitative estimate of drug-likeness (QED) is 0.833. The van der Waals surface area contributed by atoms with Gasteiger partial charge >= 0.3 is 0 Å². The van der Waals surface area contributed by atoms with E-state index in [-0.39, 0.29) is 16.5 Å². The molecule has 3 rings (SSSR count). The molecule has 1 unspecified atom stereocenters. The number of sulfonamides is 1. The highest BCUT2D eigenvalue weighted by atomic mass is 32.2. The van der Waals surface area contributed by atoms with Crippen LogP contribution in [0.2, 0.25) is 0 Å². The van der Waals surface area contributed by atoms with Gasteiger partial charge in [0.05, 0.1) is 16.1 Å². The van der Waals surface area contributed by atoms with E-state index < -0.39 is 10.0 Å². The first-order chi connectivity index (χ1) is 11.9. The van der Waals surface area contributed by atoms with Crippen molar-refractivity contribution in [2.75, 3.05) is 18.4 Å². The van der Waals surface area contributed by atoms with Gasteiger partial charge in [0.25, 0.3) is 0 Å². The van der Waals surface area contributed by atoms with Gasteiger partial charge in [0.15, 0.2) is 0 Å². The molecule has 132 valence electrons. The highest BCUT2D eigenvalue weighted by molar-refractivity contribution is 7.89. The van der Waals surface area contributed by atoms with Crippen LogP contribution in [0, 0.1) is 11.3 Å². The van der Waals surface area contributed by atoms with E-state index in [4.69, 9.17) is 5.14 Å². The van der Waals surface area contributed by atoms with Crippen LogP contribution in [0.3, 0.4) is 0 Å². The van der Waals surface area contributed by atoms with Gasteiger partial charge in [-0.15, -0.1) is 11.3 Å². The van der Waals surface area contributed by atoms with Crippen LogP contribution < -0.4 is 10.5 Å². The number of nitriles is 1. The minimum Gasteiger partial charge on any atom is -0.382 e. The van der Waals surface area contributed by atoms with Crippen molar-refractivity contribution in [3.8, 4) is 6.07 Å². The molecule has 0 radical (unpaired) electrons. The Morgan fingerprint density at radius 2 is 2.24 bits per heavy atom. The minimum atomic E-state index is -3.81. The number of benzene rings is 1. The van der Waals surface area contributed by atoms with Gasteiger partial charge in [-0.25, -0.2) is 13.6 Å². The molecule has 0 saturated heterocycles. The van der Waals surface area contributed by atoms with Gasteiger partial charge in [-0.05, 0) is 48.6 Å². The molecule has 1 aromatic heterocycles. The highest BCUT2D eigenvalue weighted by Gasteiger charge is 2.21. The molecule has 1 aliphatic rings. The zero-order chi connectivity index (χ0) is 18.0. The van der Waals surface area contributed by atoms with E-state index >= 15 is 0 Å². The fourth-order valence-electron chi connectivity index (χ4n) is 2.98. The van der Waals surface area contributed by atoms with E-state index in [0.717, 1.165) is 19.5 Å². The number of hydrogen-bond donors (Lipinski definition) is 2. The zero-order valence-electron chi connectivity index (χ0n) is 13.9. The summed E-state index contributed by atoms with van der Waals surface area (Å²) in [7, 11) is -3.81. The number of fused-ring (bicyclic) bond motifs is 1. The number of nitrogens with one attached hydrogen (secondary N) is 1. The normalized spacial score (nSPS) is 16.0. The van der Waals surface area contributed by atoms with E-state index in [1.807, 2.05) is 17.4 Å². The van der Waals surface area contributed by atoms with Crippen LogP contribution in [0.4, 0.5) is 5.69 Å². The summed E-state index contributed by atoms with van der Waals surface area (Å²) in [6, 6.07) is 8.82. The lowest BCUT2D eigenvalue weighted by atomic mass is 10.1. The van der Waals surface area contributed by atoms with E-state index in [1.165, 1.54) is 22.6 Å². The molecule has 2 heterocycles. The highest BCUT2D eigenvalue weighted by Crippen LogP contribution is 2.25. The fraction of sp³-hybridized carbons (Fsp3) is 0.353. The van der Waals surface area contributed by atoms with Gasteiger partial charge in [-0.3, -0.25) is 4.90 Å². The first kappa shape index (κ1) is 17.9. The summed E-state index contributed by atoms with van der Waals surface area (Å²) in [5.41, 5.74) is 2.30. The largest absolute Gasteiger partial charge is 0.382 e. The maximum atomic E-state index is 11.4. The summed E-state index contributed by atoms with van der Waals surface area (Å²) in [6.07, 6.45) is 1.07. The smallest absolute Gasteiger partial charge is 0.238 e. The van der Waals surface area contributed by atoms with Crippen molar-refractivity contribution < 1.29 is 8.42 Å². The molecule has 6 nitrogen and oxygen atoms in total. The molecule has 2 aromatic rings. The topological polar surface area (TPSA) is 99.2 Å². The predicted molar refractivity (Wildman–Crippen MR) is 98.9 cm³/mol. The number of rotatable bonds is 5. The number of nitrogens with two attached hydrogens (primary N) is 1. The average Bonchev–Trinajstić information content (AvgIpc) is 3.06. The standard InChI is InChI=1S/C17H20N4O2S2/c1-12(21-6-4-17-13(11-21)5-7-24-17)10-20-16-3-2-15(25(19,22)23)8-14(16)9-18/h2-3,5,7-8,12,20H,4,6,10-11H2,1H3,(H2,19,22,23). The predicted octanol–water partition coefficient (Wildman–Crippen LogP) is 2.13. The maximum Gasteiger partial charge on any atom is 0.238 e. The third kappa shape index (κ3) is 4.02. The van der Waals surface area contributed by atoms with Crippen LogP contribution in [0.25, 0.3) is 0 Å². The van der Waals surface area contributed by atoms with Crippen molar-refractivity contribution in [3.05, 3.63) is 45.6 Å². The SMILES string of the molecule is CC(CNc1ccc(S(N)(=O)=O)cc1C#N)N1CCc2sccc2C1. The van der Waals surface area contributed by atoms with Gasteiger partial charge in [-0.2, -0.15) is 5.26 Å². The molecule has 0 spiro atoms. The number of nitrogens with zero attached hydrogens (tertiary/aromatic N) is 2. The monoisotopic (exact) mass is 376 g/mol. The van der Waals surface area contributed by atoms with Crippen LogP contribution in [-0.2, 0) is 23.0 Å². The Hall–Kier alpha value is -1.92. The summed E-state index contributed by atoms with van der Waals surface area (Å²) >= 11 is 1.82. The lowest BCUT2D eigenvalue weighted by molar-refractivity contribution is 0.200. The molecule has 1 aliphatic heterocycles. The molecule has 1 atom stereocenters. The molecule has 1 aromatic carbocycles. The third-order valence-electron chi connectivity index (χ3n) is 4.49. The molecule has 3 N–H and O–H groups in total. The Bertz CT molecular complexity index is 915. The molecular weight excluding hydrogens is 356 g/mol. The first-order valence-corrected chi connectivity index (χ1v) is 10.4. The van der Waals surface area contributed by atoms with Crippen LogP contribution in [0.1, 0.15) is 22.9 Å².